The highest BCUT2D eigenvalue weighted by atomic mass is 31.2. The van der Waals surface area contributed by atoms with Crippen LogP contribution in [0.4, 0.5) is 0 Å². The minimum absolute atomic E-state index is 0.0946. The van der Waals surface area contributed by atoms with Gasteiger partial charge in [-0.25, -0.2) is 9.13 Å². The first kappa shape index (κ1) is 95.3. The standard InChI is InChI=1S/C79H148O17P2/c1-5-9-13-17-21-25-29-33-36-40-44-48-52-56-60-64-77(82)90-70-75(96-79(84)66-62-58-54-50-46-42-38-35-31-27-23-19-15-11-7-3)72-94-98(87,88)92-68-73(80)67-91-97(85,86)93-71-74(69-89-76(81)63-59-55-51-47-43-39-32-28-24-20-16-12-8-4)95-78(83)65-61-57-53-49-45-41-37-34-30-26-22-18-14-10-6-2/h26-28,30-32,73-75,80H,5-25,29,33-72H2,1-4H3,(H,85,86)(H,87,88)/b30-26-,31-27-,32-28-/t73-,74-,75-/m1/s1. The Bertz CT molecular complexity index is 2000. The van der Waals surface area contributed by atoms with Gasteiger partial charge in [-0.1, -0.05) is 295 Å². The van der Waals surface area contributed by atoms with Crippen LogP contribution in [0.2, 0.25) is 0 Å². The Hall–Kier alpha value is -2.72. The Labute approximate surface area is 598 Å². The van der Waals surface area contributed by atoms with Crippen molar-refractivity contribution in [1.29, 1.82) is 0 Å². The van der Waals surface area contributed by atoms with Gasteiger partial charge in [0.1, 0.15) is 19.3 Å². The van der Waals surface area contributed by atoms with Gasteiger partial charge in [-0.3, -0.25) is 37.3 Å². The molecule has 0 aliphatic rings. The largest absolute Gasteiger partial charge is 0.472 e. The zero-order valence-electron chi connectivity index (χ0n) is 63.0. The molecule has 0 aliphatic heterocycles. The highest BCUT2D eigenvalue weighted by molar-refractivity contribution is 7.47. The Morgan fingerprint density at radius 1 is 0.276 bits per heavy atom. The second-order valence-corrected chi connectivity index (χ2v) is 30.3. The van der Waals surface area contributed by atoms with Gasteiger partial charge in [-0.05, 0) is 103 Å². The molecule has 0 fully saturated rings. The van der Waals surface area contributed by atoms with Crippen molar-refractivity contribution in [1.82, 2.24) is 0 Å². The summed E-state index contributed by atoms with van der Waals surface area (Å²) in [5, 5.41) is 10.6. The van der Waals surface area contributed by atoms with Crippen molar-refractivity contribution in [3.63, 3.8) is 0 Å². The number of carbonyl (C=O) groups is 4. The lowest BCUT2D eigenvalue weighted by molar-refractivity contribution is -0.161. The van der Waals surface area contributed by atoms with E-state index in [1.54, 1.807) is 0 Å². The van der Waals surface area contributed by atoms with Gasteiger partial charge in [0.05, 0.1) is 26.4 Å². The average Bonchev–Trinajstić information content (AvgIpc) is 1.05. The van der Waals surface area contributed by atoms with Gasteiger partial charge < -0.3 is 33.8 Å². The first-order valence-corrected chi connectivity index (χ1v) is 43.2. The number of phosphoric ester groups is 2. The summed E-state index contributed by atoms with van der Waals surface area (Å²) < 4.78 is 68.6. The molecule has 0 heterocycles. The fraction of sp³-hybridized carbons (Fsp3) is 0.873. The van der Waals surface area contributed by atoms with Crippen molar-refractivity contribution in [2.24, 2.45) is 0 Å². The minimum Gasteiger partial charge on any atom is -0.462 e. The van der Waals surface area contributed by atoms with E-state index in [1.807, 2.05) is 0 Å². The Balaban J connectivity index is 5.31. The number of esters is 4. The molecule has 0 amide bonds. The van der Waals surface area contributed by atoms with Gasteiger partial charge in [0, 0.05) is 25.7 Å². The Kier molecular flexibility index (Phi) is 70.6. The van der Waals surface area contributed by atoms with E-state index in [-0.39, 0.29) is 25.7 Å². The SMILES string of the molecule is CCCCCC/C=C\CCCCCCCCCC(=O)O[C@H](COC(=O)CCCCCCC/C=C\CCCCCC)COP(=O)(O)OC[C@@H](O)COP(=O)(O)OC[C@@H](COC(=O)CCCCCCCCCCCCCCCCC)OC(=O)CCCCCCCCC/C=C\CCCCCC. The summed E-state index contributed by atoms with van der Waals surface area (Å²) in [6.07, 6.45) is 68.3. The van der Waals surface area contributed by atoms with E-state index in [1.165, 1.54) is 148 Å². The number of aliphatic hydroxyl groups excluding tert-OH is 1. The normalized spacial score (nSPS) is 14.1. The molecule has 17 nitrogen and oxygen atoms in total. The first-order chi connectivity index (χ1) is 47.7. The lowest BCUT2D eigenvalue weighted by atomic mass is 10.0. The van der Waals surface area contributed by atoms with Crippen LogP contribution < -0.4 is 0 Å². The first-order valence-electron chi connectivity index (χ1n) is 40.2. The number of unbranched alkanes of at least 4 members (excludes halogenated alkanes) is 45. The van der Waals surface area contributed by atoms with Crippen LogP contribution in [0.3, 0.4) is 0 Å². The molecule has 0 spiro atoms. The zero-order chi connectivity index (χ0) is 71.8. The van der Waals surface area contributed by atoms with Crippen molar-refractivity contribution in [2.45, 2.75) is 406 Å². The smallest absolute Gasteiger partial charge is 0.462 e. The summed E-state index contributed by atoms with van der Waals surface area (Å²) in [5.74, 6) is -2.15. The molecule has 0 aromatic rings. The summed E-state index contributed by atoms with van der Waals surface area (Å²) in [7, 11) is -9.93. The molecule has 0 aromatic heterocycles. The van der Waals surface area contributed by atoms with Gasteiger partial charge in [0.25, 0.3) is 0 Å². The third-order valence-electron chi connectivity index (χ3n) is 17.6. The van der Waals surface area contributed by atoms with E-state index >= 15 is 0 Å². The summed E-state index contributed by atoms with van der Waals surface area (Å²) in [5.41, 5.74) is 0. The predicted molar refractivity (Wildman–Crippen MR) is 400 cm³/mol. The molecule has 0 saturated carbocycles. The van der Waals surface area contributed by atoms with Crippen molar-refractivity contribution in [3.05, 3.63) is 36.5 Å². The lowest BCUT2D eigenvalue weighted by Gasteiger charge is -2.21. The number of phosphoric acid groups is 2. The molecule has 2 unspecified atom stereocenters. The van der Waals surface area contributed by atoms with Crippen LogP contribution in [-0.2, 0) is 65.4 Å². The Morgan fingerprint density at radius 2 is 0.469 bits per heavy atom. The van der Waals surface area contributed by atoms with Gasteiger partial charge >= 0.3 is 39.5 Å². The molecule has 3 N–H and O–H groups in total. The maximum Gasteiger partial charge on any atom is 0.472 e. The number of carbonyl (C=O) groups excluding carboxylic acids is 4. The van der Waals surface area contributed by atoms with Crippen LogP contribution in [0.25, 0.3) is 0 Å². The average molecular weight is 1430 g/mol. The van der Waals surface area contributed by atoms with Crippen LogP contribution in [0.5, 0.6) is 0 Å². The van der Waals surface area contributed by atoms with Gasteiger partial charge in [0.15, 0.2) is 12.2 Å². The monoisotopic (exact) mass is 1430 g/mol. The fourth-order valence-electron chi connectivity index (χ4n) is 11.4. The third-order valence-corrected chi connectivity index (χ3v) is 19.5. The maximum atomic E-state index is 13.1. The zero-order valence-corrected chi connectivity index (χ0v) is 64.8. The molecule has 0 aliphatic carbocycles. The number of aliphatic hydroxyl groups is 1. The maximum absolute atomic E-state index is 13.1. The number of hydrogen-bond acceptors (Lipinski definition) is 15. The molecule has 19 heteroatoms. The highest BCUT2D eigenvalue weighted by Crippen LogP contribution is 2.45. The van der Waals surface area contributed by atoms with Crippen LogP contribution >= 0.6 is 15.6 Å². The molecule has 0 bridgehead atoms. The summed E-state index contributed by atoms with van der Waals surface area (Å²) in [4.78, 5) is 72.9. The number of hydrogen-bond donors (Lipinski definition) is 3. The summed E-state index contributed by atoms with van der Waals surface area (Å²) in [6.45, 7) is 4.91. The summed E-state index contributed by atoms with van der Waals surface area (Å²) in [6, 6.07) is 0. The van der Waals surface area contributed by atoms with E-state index in [0.29, 0.717) is 25.7 Å². The fourth-order valence-corrected chi connectivity index (χ4v) is 13.0. The highest BCUT2D eigenvalue weighted by Gasteiger charge is 2.30. The van der Waals surface area contributed by atoms with Gasteiger partial charge in [0.2, 0.25) is 0 Å². The van der Waals surface area contributed by atoms with Gasteiger partial charge in [-0.2, -0.15) is 0 Å². The number of allylic oxidation sites excluding steroid dienone is 6. The van der Waals surface area contributed by atoms with E-state index < -0.39 is 97.5 Å². The van der Waals surface area contributed by atoms with Crippen LogP contribution in [0, 0.1) is 0 Å². The van der Waals surface area contributed by atoms with E-state index in [0.717, 1.165) is 161 Å². The topological polar surface area (TPSA) is 237 Å². The molecule has 5 atom stereocenters. The predicted octanol–water partition coefficient (Wildman–Crippen LogP) is 23.1. The molecule has 0 rings (SSSR count). The van der Waals surface area contributed by atoms with Gasteiger partial charge in [-0.15, -0.1) is 0 Å². The van der Waals surface area contributed by atoms with E-state index in [4.69, 9.17) is 37.0 Å². The molecule has 98 heavy (non-hydrogen) atoms. The molecule has 576 valence electrons. The van der Waals surface area contributed by atoms with E-state index in [2.05, 4.69) is 64.2 Å². The second kappa shape index (κ2) is 72.6. The van der Waals surface area contributed by atoms with Crippen molar-refractivity contribution in [2.75, 3.05) is 39.6 Å². The number of ether oxygens (including phenoxy) is 4. The van der Waals surface area contributed by atoms with E-state index in [9.17, 15) is 43.2 Å². The number of rotatable bonds is 77. The minimum atomic E-state index is -4.97. The van der Waals surface area contributed by atoms with Crippen LogP contribution in [0.15, 0.2) is 36.5 Å². The van der Waals surface area contributed by atoms with Crippen molar-refractivity contribution in [3.8, 4) is 0 Å². The molecular weight excluding hydrogens is 1280 g/mol. The summed E-state index contributed by atoms with van der Waals surface area (Å²) >= 11 is 0. The molecule has 0 aromatic carbocycles. The van der Waals surface area contributed by atoms with Crippen molar-refractivity contribution < 1.29 is 80.2 Å². The van der Waals surface area contributed by atoms with Crippen LogP contribution in [-0.4, -0.2) is 96.7 Å². The quantitative estimate of drug-likeness (QED) is 0.0169. The molecule has 0 saturated heterocycles. The van der Waals surface area contributed by atoms with Crippen LogP contribution in [0.1, 0.15) is 387 Å². The molecular formula is C79H148O17P2. The third kappa shape index (κ3) is 71.7. The Morgan fingerprint density at radius 3 is 0.714 bits per heavy atom. The van der Waals surface area contributed by atoms with Crippen molar-refractivity contribution >= 4 is 39.5 Å². The molecule has 0 radical (unpaired) electrons. The second-order valence-electron chi connectivity index (χ2n) is 27.4. The lowest BCUT2D eigenvalue weighted by Crippen LogP contribution is -2.30.